The Balaban J connectivity index is 2.85. The van der Waals surface area contributed by atoms with Crippen molar-refractivity contribution in [1.82, 2.24) is 5.32 Å². The molecule has 124 valence electrons. The summed E-state index contributed by atoms with van der Waals surface area (Å²) in [6.45, 7) is 6.92. The maximum Gasteiger partial charge on any atom is 0.320 e. The van der Waals surface area contributed by atoms with Gasteiger partial charge in [-0.25, -0.2) is 0 Å². The number of carboxylic acids is 1. The number of aliphatic carboxylic acids is 1. The number of ether oxygens (including phenoxy) is 2. The standard InChI is InChI=1S/C16H24BrNO4/c1-5-22-15-12(17)7-11(8-14(15)21-4)9-18-13(16(19)20)6-10(2)3/h7-8,10,13,18H,5-6,9H2,1-4H3,(H,19,20)/t13-/m0/s1. The smallest absolute Gasteiger partial charge is 0.320 e. The van der Waals surface area contributed by atoms with Gasteiger partial charge in [0.2, 0.25) is 0 Å². The maximum atomic E-state index is 11.3. The number of benzene rings is 1. The second kappa shape index (κ2) is 9.00. The fourth-order valence-electron chi connectivity index (χ4n) is 2.14. The minimum Gasteiger partial charge on any atom is -0.493 e. The van der Waals surface area contributed by atoms with Gasteiger partial charge in [0.05, 0.1) is 18.2 Å². The number of halogens is 1. The zero-order valence-corrected chi connectivity index (χ0v) is 15.1. The molecule has 0 spiro atoms. The zero-order valence-electron chi connectivity index (χ0n) is 13.5. The van der Waals surface area contributed by atoms with E-state index in [0.717, 1.165) is 10.0 Å². The van der Waals surface area contributed by atoms with E-state index in [1.165, 1.54) is 0 Å². The van der Waals surface area contributed by atoms with Gasteiger partial charge in [-0.2, -0.15) is 0 Å². The lowest BCUT2D eigenvalue weighted by Crippen LogP contribution is -2.37. The lowest BCUT2D eigenvalue weighted by molar-refractivity contribution is -0.140. The molecule has 6 heteroatoms. The highest BCUT2D eigenvalue weighted by atomic mass is 79.9. The minimum atomic E-state index is -0.828. The van der Waals surface area contributed by atoms with Gasteiger partial charge >= 0.3 is 5.97 Å². The van der Waals surface area contributed by atoms with E-state index < -0.39 is 12.0 Å². The maximum absolute atomic E-state index is 11.3. The van der Waals surface area contributed by atoms with Gasteiger partial charge in [-0.15, -0.1) is 0 Å². The van der Waals surface area contributed by atoms with Crippen LogP contribution in [0.1, 0.15) is 32.8 Å². The summed E-state index contributed by atoms with van der Waals surface area (Å²) in [5.74, 6) is 0.773. The highest BCUT2D eigenvalue weighted by molar-refractivity contribution is 9.10. The number of nitrogens with one attached hydrogen (secondary N) is 1. The van der Waals surface area contributed by atoms with Crippen LogP contribution in [0.3, 0.4) is 0 Å². The molecule has 1 aromatic rings. The first-order valence-electron chi connectivity index (χ1n) is 7.34. The third kappa shape index (κ3) is 5.50. The summed E-state index contributed by atoms with van der Waals surface area (Å²) in [6.07, 6.45) is 0.588. The van der Waals surface area contributed by atoms with Gasteiger partial charge in [0.15, 0.2) is 11.5 Å². The van der Waals surface area contributed by atoms with Crippen LogP contribution in [-0.2, 0) is 11.3 Å². The summed E-state index contributed by atoms with van der Waals surface area (Å²) in [5, 5.41) is 12.3. The molecule has 0 aromatic heterocycles. The predicted molar refractivity (Wildman–Crippen MR) is 89.6 cm³/mol. The van der Waals surface area contributed by atoms with Crippen LogP contribution in [0.5, 0.6) is 11.5 Å². The van der Waals surface area contributed by atoms with Crippen LogP contribution in [-0.4, -0.2) is 30.8 Å². The van der Waals surface area contributed by atoms with Crippen LogP contribution in [0.4, 0.5) is 0 Å². The fraction of sp³-hybridized carbons (Fsp3) is 0.562. The summed E-state index contributed by atoms with van der Waals surface area (Å²) in [6, 6.07) is 3.21. The molecule has 0 heterocycles. The molecule has 2 N–H and O–H groups in total. The van der Waals surface area contributed by atoms with Crippen molar-refractivity contribution < 1.29 is 19.4 Å². The summed E-state index contributed by atoms with van der Waals surface area (Å²) < 4.78 is 11.7. The average Bonchev–Trinajstić information content (AvgIpc) is 2.45. The SMILES string of the molecule is CCOc1c(Br)cc(CN[C@@H](CC(C)C)C(=O)O)cc1OC. The second-order valence-corrected chi connectivity index (χ2v) is 6.30. The third-order valence-electron chi connectivity index (χ3n) is 3.14. The van der Waals surface area contributed by atoms with E-state index in [9.17, 15) is 9.90 Å². The summed E-state index contributed by atoms with van der Waals surface area (Å²) in [7, 11) is 1.58. The Bertz CT molecular complexity index is 505. The molecule has 1 aromatic carbocycles. The Morgan fingerprint density at radius 1 is 1.41 bits per heavy atom. The second-order valence-electron chi connectivity index (χ2n) is 5.44. The Kier molecular flexibility index (Phi) is 7.68. The first-order valence-corrected chi connectivity index (χ1v) is 8.13. The van der Waals surface area contributed by atoms with E-state index in [1.807, 2.05) is 32.9 Å². The minimum absolute atomic E-state index is 0.315. The van der Waals surface area contributed by atoms with E-state index in [1.54, 1.807) is 7.11 Å². The predicted octanol–water partition coefficient (Wildman–Crippen LogP) is 3.45. The van der Waals surface area contributed by atoms with Crippen molar-refractivity contribution in [1.29, 1.82) is 0 Å². The molecular formula is C16H24BrNO4. The number of hydrogen-bond acceptors (Lipinski definition) is 4. The Hall–Kier alpha value is -1.27. The molecule has 0 bridgehead atoms. The number of carboxylic acid groups (broad SMARTS) is 1. The van der Waals surface area contributed by atoms with Gasteiger partial charge in [-0.1, -0.05) is 13.8 Å². The van der Waals surface area contributed by atoms with Crippen molar-refractivity contribution >= 4 is 21.9 Å². The normalized spacial score (nSPS) is 12.3. The molecule has 0 fully saturated rings. The van der Waals surface area contributed by atoms with Crippen LogP contribution in [0.25, 0.3) is 0 Å². The Labute approximate surface area is 140 Å². The van der Waals surface area contributed by atoms with Crippen molar-refractivity contribution in [3.63, 3.8) is 0 Å². The Morgan fingerprint density at radius 2 is 2.09 bits per heavy atom. The van der Waals surface area contributed by atoms with Gasteiger partial charge in [0.25, 0.3) is 0 Å². The molecule has 0 aliphatic rings. The highest BCUT2D eigenvalue weighted by Gasteiger charge is 2.19. The van der Waals surface area contributed by atoms with Crippen LogP contribution in [0.2, 0.25) is 0 Å². The van der Waals surface area contributed by atoms with E-state index in [2.05, 4.69) is 21.2 Å². The van der Waals surface area contributed by atoms with Crippen LogP contribution in [0.15, 0.2) is 16.6 Å². The summed E-state index contributed by atoms with van der Waals surface area (Å²) >= 11 is 3.47. The van der Waals surface area contributed by atoms with Crippen LogP contribution >= 0.6 is 15.9 Å². The molecule has 0 saturated carbocycles. The topological polar surface area (TPSA) is 67.8 Å². The number of carbonyl (C=O) groups is 1. The van der Waals surface area contributed by atoms with Gasteiger partial charge < -0.3 is 19.9 Å². The first kappa shape index (κ1) is 18.8. The summed E-state index contributed by atoms with van der Waals surface area (Å²) in [4.78, 5) is 11.3. The molecular weight excluding hydrogens is 350 g/mol. The number of hydrogen-bond donors (Lipinski definition) is 2. The summed E-state index contributed by atoms with van der Waals surface area (Å²) in [5.41, 5.74) is 0.933. The molecule has 5 nitrogen and oxygen atoms in total. The monoisotopic (exact) mass is 373 g/mol. The zero-order chi connectivity index (χ0) is 16.7. The lowest BCUT2D eigenvalue weighted by atomic mass is 10.0. The highest BCUT2D eigenvalue weighted by Crippen LogP contribution is 2.36. The average molecular weight is 374 g/mol. The molecule has 0 unspecified atom stereocenters. The fourth-order valence-corrected chi connectivity index (χ4v) is 2.75. The molecule has 0 saturated heterocycles. The first-order chi connectivity index (χ1) is 10.4. The third-order valence-corrected chi connectivity index (χ3v) is 3.72. The lowest BCUT2D eigenvalue weighted by Gasteiger charge is -2.18. The Morgan fingerprint density at radius 3 is 2.59 bits per heavy atom. The van der Waals surface area contributed by atoms with E-state index in [-0.39, 0.29) is 0 Å². The molecule has 1 rings (SSSR count). The van der Waals surface area contributed by atoms with Crippen molar-refractivity contribution in [2.75, 3.05) is 13.7 Å². The van der Waals surface area contributed by atoms with Gasteiger partial charge in [-0.3, -0.25) is 4.79 Å². The van der Waals surface area contributed by atoms with Crippen molar-refractivity contribution in [3.05, 3.63) is 22.2 Å². The van der Waals surface area contributed by atoms with Crippen molar-refractivity contribution in [2.45, 2.75) is 39.8 Å². The van der Waals surface area contributed by atoms with Crippen molar-refractivity contribution in [3.8, 4) is 11.5 Å². The molecule has 1 atom stereocenters. The molecule has 0 aliphatic carbocycles. The van der Waals surface area contributed by atoms with E-state index >= 15 is 0 Å². The van der Waals surface area contributed by atoms with Gasteiger partial charge in [-0.05, 0) is 52.9 Å². The van der Waals surface area contributed by atoms with Crippen LogP contribution < -0.4 is 14.8 Å². The van der Waals surface area contributed by atoms with Gasteiger partial charge in [0, 0.05) is 6.54 Å². The van der Waals surface area contributed by atoms with Gasteiger partial charge in [0.1, 0.15) is 6.04 Å². The largest absolute Gasteiger partial charge is 0.493 e. The van der Waals surface area contributed by atoms with E-state index in [4.69, 9.17) is 9.47 Å². The quantitative estimate of drug-likeness (QED) is 0.693. The molecule has 22 heavy (non-hydrogen) atoms. The molecule has 0 radical (unpaired) electrons. The number of methoxy groups -OCH3 is 1. The molecule has 0 aliphatic heterocycles. The van der Waals surface area contributed by atoms with Crippen molar-refractivity contribution in [2.24, 2.45) is 5.92 Å². The van der Waals surface area contributed by atoms with E-state index in [0.29, 0.717) is 37.0 Å². The number of rotatable bonds is 9. The van der Waals surface area contributed by atoms with Crippen LogP contribution in [0, 0.1) is 5.92 Å². The molecule has 0 amide bonds.